The lowest BCUT2D eigenvalue weighted by molar-refractivity contribution is -0.746. The van der Waals surface area contributed by atoms with E-state index in [0.29, 0.717) is 0 Å². The van der Waals surface area contributed by atoms with Crippen LogP contribution in [0.3, 0.4) is 0 Å². The number of anilines is 2. The fourth-order valence-corrected chi connectivity index (χ4v) is 8.11. The first-order valence-corrected chi connectivity index (χ1v) is 21.6. The molecule has 0 radical (unpaired) electrons. The van der Waals surface area contributed by atoms with Crippen LogP contribution in [0.4, 0.5) is 16.7 Å². The third kappa shape index (κ3) is 10.3. The van der Waals surface area contributed by atoms with Crippen molar-refractivity contribution in [2.75, 3.05) is 51.0 Å². The van der Waals surface area contributed by atoms with Gasteiger partial charge in [0.25, 0.3) is 23.0 Å². The van der Waals surface area contributed by atoms with Crippen LogP contribution in [0.5, 0.6) is 0 Å². The van der Waals surface area contributed by atoms with Gasteiger partial charge in [-0.2, -0.15) is 0 Å². The Balaban J connectivity index is 1.00. The molecule has 12 N–H and O–H groups in total. The Kier molecular flexibility index (Phi) is 13.6. The lowest BCUT2D eigenvalue weighted by Crippen LogP contribution is -2.46. The maximum Gasteiger partial charge on any atom is 0.472 e. The first-order chi connectivity index (χ1) is 28.9. The summed E-state index contributed by atoms with van der Waals surface area (Å²) in [4.78, 5) is 72.4. The van der Waals surface area contributed by atoms with Crippen LogP contribution in [0.15, 0.2) is 22.2 Å². The second-order valence-electron chi connectivity index (χ2n) is 15.3. The fraction of sp³-hybridized carbons (Fsp3) is 0.645. The third-order valence-electron chi connectivity index (χ3n) is 9.49. The topological polar surface area (TPSA) is 402 Å². The van der Waals surface area contributed by atoms with E-state index in [2.05, 4.69) is 19.9 Å². The van der Waals surface area contributed by atoms with Crippen molar-refractivity contribution in [3.8, 4) is 0 Å². The van der Waals surface area contributed by atoms with Crippen LogP contribution in [0.25, 0.3) is 22.3 Å². The second-order valence-corrected chi connectivity index (χ2v) is 18.2. The SMILES string of the molecule is Cn1c[n+]([C@@H]2O[C@H](COP(=O)(O)OCCN(CCOP(=O)(O)OCC3O[C@@H]([n+]4cn(C)c5c(=O)[nH]c(N)nc54)[C@H](O)[C@@H]3O)C(=O)OC(C)(C)C)[C@@H](O)[C@H]2O)c2nc(N)[nH]c(=O)c21. The van der Waals surface area contributed by atoms with Gasteiger partial charge < -0.3 is 60.8 Å². The molecule has 2 aliphatic heterocycles. The van der Waals surface area contributed by atoms with Gasteiger partial charge in [0, 0.05) is 13.1 Å². The summed E-state index contributed by atoms with van der Waals surface area (Å²) in [6, 6.07) is 0. The lowest BCUT2D eigenvalue weighted by atomic mass is 10.1. The van der Waals surface area contributed by atoms with Gasteiger partial charge in [-0.25, -0.2) is 23.1 Å². The normalized spacial score (nSPS) is 26.2. The van der Waals surface area contributed by atoms with Crippen LogP contribution in [0.1, 0.15) is 33.2 Å². The predicted octanol–water partition coefficient (Wildman–Crippen LogP) is -3.98. The molecule has 2 aliphatic rings. The molecule has 31 heteroatoms. The van der Waals surface area contributed by atoms with Gasteiger partial charge in [0.1, 0.15) is 42.2 Å². The number of H-pyrrole nitrogens is 2. The lowest BCUT2D eigenvalue weighted by Gasteiger charge is -2.27. The highest BCUT2D eigenvalue weighted by Crippen LogP contribution is 2.45. The van der Waals surface area contributed by atoms with Crippen LogP contribution < -0.4 is 31.7 Å². The van der Waals surface area contributed by atoms with Gasteiger partial charge in [0.15, 0.2) is 12.7 Å². The van der Waals surface area contributed by atoms with E-state index in [9.17, 15) is 53.7 Å². The number of carbonyl (C=O) groups is 1. The molecule has 0 bridgehead atoms. The van der Waals surface area contributed by atoms with Crippen molar-refractivity contribution in [1.29, 1.82) is 0 Å². The van der Waals surface area contributed by atoms with E-state index in [1.807, 2.05) is 0 Å². The van der Waals surface area contributed by atoms with Gasteiger partial charge in [0.05, 0.1) is 40.5 Å². The average Bonchev–Trinajstić information content (AvgIpc) is 3.85. The molecule has 1 amide bonds. The zero-order valence-corrected chi connectivity index (χ0v) is 35.6. The Morgan fingerprint density at radius 3 is 1.53 bits per heavy atom. The number of carbonyl (C=O) groups excluding carboxylic acids is 1. The van der Waals surface area contributed by atoms with Crippen LogP contribution >= 0.6 is 15.6 Å². The van der Waals surface area contributed by atoms with E-state index in [0.717, 1.165) is 4.90 Å². The van der Waals surface area contributed by atoms with E-state index >= 15 is 0 Å². The van der Waals surface area contributed by atoms with Crippen molar-refractivity contribution >= 4 is 56.0 Å². The molecule has 6 rings (SSSR count). The number of hydrogen-bond donors (Lipinski definition) is 10. The van der Waals surface area contributed by atoms with Crippen molar-refractivity contribution in [3.63, 3.8) is 0 Å². The van der Waals surface area contributed by atoms with E-state index in [1.165, 1.54) is 45.0 Å². The first-order valence-electron chi connectivity index (χ1n) is 18.6. The van der Waals surface area contributed by atoms with Crippen molar-refractivity contribution in [2.24, 2.45) is 14.1 Å². The van der Waals surface area contributed by atoms with Crippen molar-refractivity contribution < 1.29 is 85.6 Å². The Bertz CT molecular complexity index is 2350. The first kappa shape index (κ1) is 47.0. The number of nitrogens with two attached hydrogens (primary N) is 2. The van der Waals surface area contributed by atoms with Gasteiger partial charge in [-0.3, -0.25) is 46.8 Å². The molecule has 0 spiro atoms. The zero-order chi connectivity index (χ0) is 45.6. The number of hydrogen-bond acceptors (Lipinski definition) is 20. The number of fused-ring (bicyclic) bond motifs is 2. The molecule has 0 saturated carbocycles. The summed E-state index contributed by atoms with van der Waals surface area (Å²) in [7, 11) is -6.81. The molecule has 10 atom stereocenters. The van der Waals surface area contributed by atoms with Crippen molar-refractivity contribution in [2.45, 2.75) is 75.5 Å². The molecular weight excluding hydrogens is 876 g/mol. The second kappa shape index (κ2) is 18.0. The average molecular weight is 926 g/mol. The van der Waals surface area contributed by atoms with Crippen LogP contribution in [-0.2, 0) is 55.5 Å². The smallest absolute Gasteiger partial charge is 0.444 e. The number of nitrogens with zero attached hydrogens (tertiary/aromatic N) is 7. The number of aromatic amines is 2. The largest absolute Gasteiger partial charge is 0.472 e. The molecule has 2 fully saturated rings. The van der Waals surface area contributed by atoms with Crippen LogP contribution in [0.2, 0.25) is 0 Å². The minimum absolute atomic E-state index is 0.0213. The van der Waals surface area contributed by atoms with E-state index in [-0.39, 0.29) is 34.2 Å². The van der Waals surface area contributed by atoms with Gasteiger partial charge in [-0.05, 0) is 20.8 Å². The Morgan fingerprint density at radius 2 is 1.16 bits per heavy atom. The summed E-state index contributed by atoms with van der Waals surface area (Å²) in [6.07, 6.45) is -10.1. The molecule has 0 aliphatic carbocycles. The number of phosphoric acid groups is 2. The predicted molar refractivity (Wildman–Crippen MR) is 205 cm³/mol. The maximum absolute atomic E-state index is 13.0. The van der Waals surface area contributed by atoms with Crippen molar-refractivity contribution in [3.05, 3.63) is 33.4 Å². The van der Waals surface area contributed by atoms with Gasteiger partial charge in [-0.15, -0.1) is 0 Å². The van der Waals surface area contributed by atoms with Gasteiger partial charge in [0.2, 0.25) is 23.5 Å². The number of rotatable bonds is 16. The molecule has 0 aromatic carbocycles. The van der Waals surface area contributed by atoms with Crippen molar-refractivity contribution in [1.82, 2.24) is 34.0 Å². The highest BCUT2D eigenvalue weighted by atomic mass is 31.2. The summed E-state index contributed by atoms with van der Waals surface area (Å²) in [5.41, 5.74) is 9.40. The minimum Gasteiger partial charge on any atom is -0.444 e. The molecule has 4 aromatic heterocycles. The maximum atomic E-state index is 13.0. The molecular formula is C31H49N11O18P2+2. The number of aliphatic hydroxyl groups excluding tert-OH is 4. The number of aliphatic hydroxyl groups is 4. The molecule has 6 heterocycles. The summed E-state index contributed by atoms with van der Waals surface area (Å²) in [5, 5.41) is 42.8. The molecule has 3 unspecified atom stereocenters. The Hall–Kier alpha value is -4.45. The van der Waals surface area contributed by atoms with Crippen LogP contribution in [-0.4, -0.2) is 152 Å². The van der Waals surface area contributed by atoms with E-state index in [4.69, 9.17) is 43.8 Å². The standard InChI is InChI=1S/C31H47N11O18P2/c1-31(2,3)60-30(49)40(6-8-54-61(50,51)56-10-14-18(43)20(45)26(58-14)41-12-38(4)16-22(41)34-28(32)36-24(16)47)7-9-55-62(52,53)57-11-15-19(44)21(46)27(59-15)42-13-39(5)17-23(42)35-29(33)37-25(17)48/h12-15,18-21,26-27,43-46H,6-11H2,1-5H3,(H6-2,32,33,34,35,36,37,47,48,50,51,52,53)/p+2/t14-,15?,18-,19-,20-,21-,26-,27-/m1/s1. The van der Waals surface area contributed by atoms with Gasteiger partial charge >= 0.3 is 33.0 Å². The highest BCUT2D eigenvalue weighted by molar-refractivity contribution is 7.47. The van der Waals surface area contributed by atoms with E-state index < -0.39 is 127 Å². The summed E-state index contributed by atoms with van der Waals surface area (Å²) < 4.78 is 67.8. The number of imidazole rings is 2. The minimum atomic E-state index is -4.93. The zero-order valence-electron chi connectivity index (χ0n) is 33.8. The number of aryl methyl sites for hydroxylation is 2. The monoisotopic (exact) mass is 925 g/mol. The quantitative estimate of drug-likeness (QED) is 0.0378. The number of phosphoric ester groups is 2. The number of nitrogen functional groups attached to an aromatic ring is 2. The highest BCUT2D eigenvalue weighted by Gasteiger charge is 2.49. The Labute approximate surface area is 349 Å². The number of amides is 1. The molecule has 4 aromatic rings. The van der Waals surface area contributed by atoms with E-state index in [1.54, 1.807) is 20.8 Å². The Morgan fingerprint density at radius 1 is 0.774 bits per heavy atom. The third-order valence-corrected chi connectivity index (χ3v) is 11.5. The summed E-state index contributed by atoms with van der Waals surface area (Å²) in [5.74, 6) is -0.441. The number of ether oxygens (including phenoxy) is 3. The summed E-state index contributed by atoms with van der Waals surface area (Å²) >= 11 is 0. The van der Waals surface area contributed by atoms with Crippen LogP contribution in [0, 0.1) is 0 Å². The summed E-state index contributed by atoms with van der Waals surface area (Å²) in [6.45, 7) is 0.971. The number of aromatic nitrogens is 8. The molecule has 62 heavy (non-hydrogen) atoms. The molecule has 29 nitrogen and oxygen atoms in total. The van der Waals surface area contributed by atoms with Gasteiger partial charge in [-0.1, -0.05) is 9.97 Å². The molecule has 2 saturated heterocycles. The molecule has 344 valence electrons. The number of nitrogens with one attached hydrogen (secondary N) is 2. The fourth-order valence-electron chi connectivity index (χ4n) is 6.67.